The van der Waals surface area contributed by atoms with Gasteiger partial charge >= 0.3 is 0 Å². The maximum atomic E-state index is 13.6. The van der Waals surface area contributed by atoms with Gasteiger partial charge in [0.1, 0.15) is 0 Å². The number of aryl methyl sites for hydroxylation is 2. The average Bonchev–Trinajstić information content (AvgIpc) is 3.33. The van der Waals surface area contributed by atoms with Crippen molar-refractivity contribution in [1.29, 1.82) is 0 Å². The number of carbonyl (C=O) groups is 1. The van der Waals surface area contributed by atoms with Crippen LogP contribution in [0.1, 0.15) is 65.7 Å². The molecule has 26 heavy (non-hydrogen) atoms. The first-order valence-corrected chi connectivity index (χ1v) is 10.0. The topological polar surface area (TPSA) is 45.2 Å². The van der Waals surface area contributed by atoms with E-state index in [0.717, 1.165) is 54.6 Å². The molecule has 1 N–H and O–H groups in total. The van der Waals surface area contributed by atoms with Crippen molar-refractivity contribution in [2.75, 3.05) is 19.6 Å². The van der Waals surface area contributed by atoms with Crippen LogP contribution in [0.4, 0.5) is 0 Å². The lowest BCUT2D eigenvalue weighted by Crippen LogP contribution is -2.42. The summed E-state index contributed by atoms with van der Waals surface area (Å²) in [5.41, 5.74) is 5.32. The van der Waals surface area contributed by atoms with Crippen molar-refractivity contribution in [3.63, 3.8) is 0 Å². The van der Waals surface area contributed by atoms with Gasteiger partial charge in [-0.1, -0.05) is 18.6 Å². The van der Waals surface area contributed by atoms with Gasteiger partial charge < -0.3 is 10.2 Å². The highest BCUT2D eigenvalue weighted by molar-refractivity contribution is 6.07. The van der Waals surface area contributed by atoms with E-state index in [0.29, 0.717) is 12.0 Å². The molecular formula is C22H29N3O. The molecule has 1 aliphatic carbocycles. The molecule has 1 atom stereocenters. The zero-order valence-electron chi connectivity index (χ0n) is 16.1. The van der Waals surface area contributed by atoms with Crippen LogP contribution in [0.5, 0.6) is 0 Å². The molecule has 2 aliphatic rings. The third kappa shape index (κ3) is 3.23. The molecule has 4 nitrogen and oxygen atoms in total. The zero-order chi connectivity index (χ0) is 18.3. The van der Waals surface area contributed by atoms with Crippen molar-refractivity contribution in [3.05, 3.63) is 40.6 Å². The van der Waals surface area contributed by atoms with E-state index in [4.69, 9.17) is 4.98 Å². The maximum Gasteiger partial charge on any atom is 0.254 e. The van der Waals surface area contributed by atoms with Crippen LogP contribution in [-0.2, 0) is 0 Å². The smallest absolute Gasteiger partial charge is 0.254 e. The van der Waals surface area contributed by atoms with E-state index in [9.17, 15) is 4.79 Å². The predicted molar refractivity (Wildman–Crippen MR) is 106 cm³/mol. The lowest BCUT2D eigenvalue weighted by atomic mass is 9.99. The number of carbonyl (C=O) groups excluding carboxylic acids is 1. The largest absolute Gasteiger partial charge is 0.334 e. The molecule has 1 saturated heterocycles. The Morgan fingerprint density at radius 3 is 2.69 bits per heavy atom. The highest BCUT2D eigenvalue weighted by Gasteiger charge is 2.31. The minimum Gasteiger partial charge on any atom is -0.334 e. The Morgan fingerprint density at radius 2 is 2.04 bits per heavy atom. The molecule has 0 spiro atoms. The molecule has 2 heterocycles. The van der Waals surface area contributed by atoms with E-state index in [1.807, 2.05) is 0 Å². The molecule has 4 rings (SSSR count). The molecule has 1 aromatic carbocycles. The third-order valence-electron chi connectivity index (χ3n) is 5.69. The molecular weight excluding hydrogens is 322 g/mol. The number of nitrogens with zero attached hydrogens (tertiary/aromatic N) is 2. The molecule has 2 aromatic rings. The Labute approximate surface area is 156 Å². The first-order valence-electron chi connectivity index (χ1n) is 10.0. The normalized spacial score (nSPS) is 19.9. The minimum atomic E-state index is 0.180. The monoisotopic (exact) mass is 351 g/mol. The van der Waals surface area contributed by atoms with Crippen LogP contribution in [-0.4, -0.2) is 41.5 Å². The first kappa shape index (κ1) is 17.5. The number of pyridine rings is 1. The van der Waals surface area contributed by atoms with Crippen LogP contribution >= 0.6 is 0 Å². The summed E-state index contributed by atoms with van der Waals surface area (Å²) in [6.07, 6.45) is 4.42. The lowest BCUT2D eigenvalue weighted by Gasteiger charge is -2.29. The number of aromatic nitrogens is 1. The molecule has 0 bridgehead atoms. The van der Waals surface area contributed by atoms with Gasteiger partial charge in [0, 0.05) is 36.1 Å². The Hall–Kier alpha value is -1.94. The Balaban J connectivity index is 1.83. The molecule has 1 aromatic heterocycles. The van der Waals surface area contributed by atoms with Crippen molar-refractivity contribution in [3.8, 4) is 0 Å². The van der Waals surface area contributed by atoms with E-state index in [1.165, 1.54) is 24.0 Å². The van der Waals surface area contributed by atoms with Crippen LogP contribution in [0.3, 0.4) is 0 Å². The summed E-state index contributed by atoms with van der Waals surface area (Å²) in [6, 6.07) is 6.70. The van der Waals surface area contributed by atoms with E-state index in [-0.39, 0.29) is 5.91 Å². The second-order valence-corrected chi connectivity index (χ2v) is 7.99. The van der Waals surface area contributed by atoms with Gasteiger partial charge in [0.05, 0.1) is 11.1 Å². The maximum absolute atomic E-state index is 13.6. The minimum absolute atomic E-state index is 0.180. The number of hydrogen-bond donors (Lipinski definition) is 1. The van der Waals surface area contributed by atoms with E-state index < -0.39 is 0 Å². The van der Waals surface area contributed by atoms with Crippen LogP contribution in [0, 0.1) is 13.8 Å². The summed E-state index contributed by atoms with van der Waals surface area (Å²) in [5, 5.41) is 4.42. The van der Waals surface area contributed by atoms with Gasteiger partial charge in [0.25, 0.3) is 5.91 Å². The van der Waals surface area contributed by atoms with Crippen LogP contribution in [0.15, 0.2) is 18.2 Å². The van der Waals surface area contributed by atoms with Gasteiger partial charge in [-0.25, -0.2) is 0 Å². The number of benzene rings is 1. The quantitative estimate of drug-likeness (QED) is 0.887. The third-order valence-corrected chi connectivity index (χ3v) is 5.69. The van der Waals surface area contributed by atoms with E-state index in [2.05, 4.69) is 49.2 Å². The fraction of sp³-hybridized carbons (Fsp3) is 0.545. The van der Waals surface area contributed by atoms with Gasteiger partial charge in [-0.2, -0.15) is 0 Å². The van der Waals surface area contributed by atoms with Crippen molar-refractivity contribution in [1.82, 2.24) is 15.2 Å². The van der Waals surface area contributed by atoms with Crippen LogP contribution in [0.2, 0.25) is 0 Å². The van der Waals surface area contributed by atoms with Gasteiger partial charge in [0.15, 0.2) is 0 Å². The number of fused-ring (bicyclic) bond motifs is 1. The summed E-state index contributed by atoms with van der Waals surface area (Å²) >= 11 is 0. The molecule has 0 radical (unpaired) electrons. The number of nitrogens with one attached hydrogen (secondary N) is 1. The SMILES string of the molecule is CCCN(C(=O)c1cc(C2CC2)nc2c(C)cc(C)cc12)C1CCNC1. The molecule has 2 fully saturated rings. The summed E-state index contributed by atoms with van der Waals surface area (Å²) in [5.74, 6) is 0.722. The fourth-order valence-corrected chi connectivity index (χ4v) is 4.22. The standard InChI is InChI=1S/C22H29N3O/c1-4-9-25(17-7-8-23-13-17)22(26)19-12-20(16-5-6-16)24-21-15(3)10-14(2)11-18(19)21/h10-12,16-17,23H,4-9,13H2,1-3H3. The summed E-state index contributed by atoms with van der Waals surface area (Å²) < 4.78 is 0. The number of rotatable bonds is 5. The molecule has 1 amide bonds. The predicted octanol–water partition coefficient (Wildman–Crippen LogP) is 3.94. The molecule has 1 aliphatic heterocycles. The van der Waals surface area contributed by atoms with Gasteiger partial charge in [-0.05, 0) is 63.8 Å². The Morgan fingerprint density at radius 1 is 1.23 bits per heavy atom. The van der Waals surface area contributed by atoms with Crippen LogP contribution in [0.25, 0.3) is 10.9 Å². The Bertz CT molecular complexity index is 835. The fourth-order valence-electron chi connectivity index (χ4n) is 4.22. The van der Waals surface area contributed by atoms with E-state index in [1.54, 1.807) is 0 Å². The van der Waals surface area contributed by atoms with Crippen molar-refractivity contribution >= 4 is 16.8 Å². The highest BCUT2D eigenvalue weighted by Crippen LogP contribution is 2.40. The molecule has 4 heteroatoms. The number of amides is 1. The first-order chi connectivity index (χ1) is 12.6. The molecule has 1 saturated carbocycles. The second kappa shape index (κ2) is 6.99. The molecule has 138 valence electrons. The van der Waals surface area contributed by atoms with Crippen molar-refractivity contribution in [2.24, 2.45) is 0 Å². The van der Waals surface area contributed by atoms with Crippen molar-refractivity contribution < 1.29 is 4.79 Å². The summed E-state index contributed by atoms with van der Waals surface area (Å²) in [7, 11) is 0. The second-order valence-electron chi connectivity index (χ2n) is 7.99. The van der Waals surface area contributed by atoms with Gasteiger partial charge in [0.2, 0.25) is 0 Å². The Kier molecular flexibility index (Phi) is 4.70. The lowest BCUT2D eigenvalue weighted by molar-refractivity contribution is 0.0694. The zero-order valence-corrected chi connectivity index (χ0v) is 16.1. The van der Waals surface area contributed by atoms with Crippen molar-refractivity contribution in [2.45, 2.75) is 58.4 Å². The number of hydrogen-bond acceptors (Lipinski definition) is 3. The summed E-state index contributed by atoms with van der Waals surface area (Å²) in [4.78, 5) is 20.7. The average molecular weight is 351 g/mol. The highest BCUT2D eigenvalue weighted by atomic mass is 16.2. The van der Waals surface area contributed by atoms with Gasteiger partial charge in [-0.3, -0.25) is 9.78 Å². The van der Waals surface area contributed by atoms with E-state index >= 15 is 0 Å². The van der Waals surface area contributed by atoms with Crippen LogP contribution < -0.4 is 5.32 Å². The summed E-state index contributed by atoms with van der Waals surface area (Å²) in [6.45, 7) is 9.08. The molecule has 1 unspecified atom stereocenters. The van der Waals surface area contributed by atoms with Gasteiger partial charge in [-0.15, -0.1) is 0 Å².